The van der Waals surface area contributed by atoms with E-state index in [0.29, 0.717) is 13.2 Å². The van der Waals surface area contributed by atoms with Gasteiger partial charge in [0, 0.05) is 12.0 Å². The zero-order chi connectivity index (χ0) is 33.3. The molecule has 7 rings (SSSR count). The summed E-state index contributed by atoms with van der Waals surface area (Å²) in [5, 5.41) is 0. The molecule has 5 aromatic carbocycles. The maximum Gasteiger partial charge on any atom is 0.120 e. The SMILES string of the molecule is CC1(Cc2ccc(OCCN3CCCCCC3)cc2)C(c2ccc(OCc3ccccc3)cc2)=Nc2ccc(OCc3ccccc3)cc21. The van der Waals surface area contributed by atoms with Crippen LogP contribution < -0.4 is 14.2 Å². The first-order valence-corrected chi connectivity index (χ1v) is 17.7. The van der Waals surface area contributed by atoms with Gasteiger partial charge in [0.05, 0.1) is 11.4 Å². The molecule has 0 aromatic heterocycles. The molecule has 1 fully saturated rings. The molecule has 5 heteroatoms. The minimum atomic E-state index is -0.372. The standard InChI is InChI=1S/C44H46N2O3/c1-44(31-34-16-20-38(21-17-34)47-29-28-46-26-10-2-3-11-27-46)41-30-40(49-33-36-14-8-5-9-15-36)24-25-42(41)45-43(44)37-18-22-39(23-19-37)48-32-35-12-6-4-7-13-35/h4-9,12-25,30H,2-3,10-11,26-29,31-33H2,1H3. The molecule has 1 saturated heterocycles. The molecule has 1 atom stereocenters. The highest BCUT2D eigenvalue weighted by Crippen LogP contribution is 2.46. The van der Waals surface area contributed by atoms with Crippen LogP contribution in [0.2, 0.25) is 0 Å². The fraction of sp³-hybridized carbons (Fsp3) is 0.295. The topological polar surface area (TPSA) is 43.3 Å². The molecule has 0 radical (unpaired) electrons. The van der Waals surface area contributed by atoms with Crippen LogP contribution in [0.25, 0.3) is 0 Å². The third-order valence-corrected chi connectivity index (χ3v) is 9.80. The number of aliphatic imine (C=N–C) groups is 1. The maximum absolute atomic E-state index is 6.30. The Bertz CT molecular complexity index is 1810. The Balaban J connectivity index is 1.09. The number of fused-ring (bicyclic) bond motifs is 1. The summed E-state index contributed by atoms with van der Waals surface area (Å²) in [5.41, 5.74) is 7.46. The minimum absolute atomic E-state index is 0.372. The van der Waals surface area contributed by atoms with Crippen molar-refractivity contribution in [2.75, 3.05) is 26.2 Å². The van der Waals surface area contributed by atoms with E-state index in [1.807, 2.05) is 42.5 Å². The highest BCUT2D eigenvalue weighted by atomic mass is 16.5. The molecule has 0 N–H and O–H groups in total. The van der Waals surface area contributed by atoms with Crippen molar-refractivity contribution < 1.29 is 14.2 Å². The molecule has 0 aliphatic carbocycles. The smallest absolute Gasteiger partial charge is 0.120 e. The van der Waals surface area contributed by atoms with E-state index in [4.69, 9.17) is 19.2 Å². The van der Waals surface area contributed by atoms with Crippen LogP contribution in [-0.4, -0.2) is 36.9 Å². The lowest BCUT2D eigenvalue weighted by Gasteiger charge is -2.29. The van der Waals surface area contributed by atoms with E-state index in [9.17, 15) is 0 Å². The molecule has 0 saturated carbocycles. The fourth-order valence-corrected chi connectivity index (χ4v) is 7.03. The van der Waals surface area contributed by atoms with Crippen LogP contribution in [0.15, 0.2) is 132 Å². The molecule has 5 aromatic rings. The third-order valence-electron chi connectivity index (χ3n) is 9.80. The molecule has 1 unspecified atom stereocenters. The lowest BCUT2D eigenvalue weighted by atomic mass is 9.73. The van der Waals surface area contributed by atoms with Gasteiger partial charge in [-0.15, -0.1) is 0 Å². The Morgan fingerprint density at radius 3 is 1.82 bits per heavy atom. The zero-order valence-electron chi connectivity index (χ0n) is 28.5. The summed E-state index contributed by atoms with van der Waals surface area (Å²) in [7, 11) is 0. The Hall–Kier alpha value is -4.87. The average Bonchev–Trinajstić information content (AvgIpc) is 3.27. The monoisotopic (exact) mass is 650 g/mol. The molecule has 0 amide bonds. The second kappa shape index (κ2) is 15.6. The van der Waals surface area contributed by atoms with Crippen molar-refractivity contribution in [1.82, 2.24) is 4.90 Å². The number of hydrogen-bond acceptors (Lipinski definition) is 5. The zero-order valence-corrected chi connectivity index (χ0v) is 28.5. The first-order valence-electron chi connectivity index (χ1n) is 17.7. The van der Waals surface area contributed by atoms with E-state index in [2.05, 4.69) is 96.8 Å². The predicted octanol–water partition coefficient (Wildman–Crippen LogP) is 9.73. The largest absolute Gasteiger partial charge is 0.492 e. The highest BCUT2D eigenvalue weighted by Gasteiger charge is 2.40. The minimum Gasteiger partial charge on any atom is -0.492 e. The molecule has 2 heterocycles. The van der Waals surface area contributed by atoms with Crippen LogP contribution in [0, 0.1) is 0 Å². The quantitative estimate of drug-likeness (QED) is 0.127. The van der Waals surface area contributed by atoms with Gasteiger partial charge in [0.1, 0.15) is 37.1 Å². The summed E-state index contributed by atoms with van der Waals surface area (Å²) in [6, 6.07) is 43.9. The number of rotatable bonds is 13. The molecule has 2 aliphatic heterocycles. The fourth-order valence-electron chi connectivity index (χ4n) is 7.03. The van der Waals surface area contributed by atoms with Gasteiger partial charge in [0.15, 0.2) is 0 Å². The average molecular weight is 651 g/mol. The summed E-state index contributed by atoms with van der Waals surface area (Å²) in [6.07, 6.45) is 6.10. The Kier molecular flexibility index (Phi) is 10.4. The molecular weight excluding hydrogens is 604 g/mol. The number of hydrogen-bond donors (Lipinski definition) is 0. The van der Waals surface area contributed by atoms with Crippen molar-refractivity contribution in [3.8, 4) is 17.2 Å². The van der Waals surface area contributed by atoms with Gasteiger partial charge in [0.2, 0.25) is 0 Å². The van der Waals surface area contributed by atoms with Gasteiger partial charge in [-0.05, 0) is 122 Å². The van der Waals surface area contributed by atoms with Gasteiger partial charge < -0.3 is 14.2 Å². The predicted molar refractivity (Wildman–Crippen MR) is 199 cm³/mol. The lowest BCUT2D eigenvalue weighted by Crippen LogP contribution is -2.33. The van der Waals surface area contributed by atoms with Crippen LogP contribution in [0.4, 0.5) is 5.69 Å². The Labute approximate surface area is 291 Å². The van der Waals surface area contributed by atoms with Crippen LogP contribution in [0.5, 0.6) is 17.2 Å². The molecule has 2 aliphatic rings. The van der Waals surface area contributed by atoms with Crippen LogP contribution >= 0.6 is 0 Å². The van der Waals surface area contributed by atoms with Gasteiger partial charge in [-0.25, -0.2) is 0 Å². The number of nitrogens with zero attached hydrogens (tertiary/aromatic N) is 2. The molecular formula is C44H46N2O3. The van der Waals surface area contributed by atoms with Crippen LogP contribution in [0.3, 0.4) is 0 Å². The van der Waals surface area contributed by atoms with Gasteiger partial charge in [-0.3, -0.25) is 9.89 Å². The van der Waals surface area contributed by atoms with Gasteiger partial charge in [-0.2, -0.15) is 0 Å². The maximum atomic E-state index is 6.30. The molecule has 5 nitrogen and oxygen atoms in total. The third kappa shape index (κ3) is 8.23. The number of likely N-dealkylation sites (tertiary alicyclic amines) is 1. The molecule has 0 spiro atoms. The van der Waals surface area contributed by atoms with Crippen molar-refractivity contribution in [1.29, 1.82) is 0 Å². The van der Waals surface area contributed by atoms with E-state index in [1.165, 1.54) is 49.9 Å². The molecule has 0 bridgehead atoms. The van der Waals surface area contributed by atoms with E-state index in [1.54, 1.807) is 0 Å². The summed E-state index contributed by atoms with van der Waals surface area (Å²) < 4.78 is 18.6. The molecule has 250 valence electrons. The van der Waals surface area contributed by atoms with Crippen LogP contribution in [0.1, 0.15) is 60.4 Å². The van der Waals surface area contributed by atoms with E-state index in [0.717, 1.165) is 64.9 Å². The summed E-state index contributed by atoms with van der Waals surface area (Å²) in [6.45, 7) is 7.45. The lowest BCUT2D eigenvalue weighted by molar-refractivity contribution is 0.214. The van der Waals surface area contributed by atoms with E-state index in [-0.39, 0.29) is 5.41 Å². The van der Waals surface area contributed by atoms with Gasteiger partial charge in [-0.1, -0.05) is 85.6 Å². The van der Waals surface area contributed by atoms with Crippen LogP contribution in [-0.2, 0) is 25.0 Å². The number of ether oxygens (including phenoxy) is 3. The van der Waals surface area contributed by atoms with E-state index < -0.39 is 0 Å². The molecule has 49 heavy (non-hydrogen) atoms. The second-order valence-electron chi connectivity index (χ2n) is 13.5. The van der Waals surface area contributed by atoms with Crippen molar-refractivity contribution in [2.45, 2.75) is 57.7 Å². The van der Waals surface area contributed by atoms with Crippen molar-refractivity contribution in [2.24, 2.45) is 4.99 Å². The first kappa shape index (κ1) is 32.7. The van der Waals surface area contributed by atoms with Gasteiger partial charge >= 0.3 is 0 Å². The Morgan fingerprint density at radius 1 is 0.592 bits per heavy atom. The second-order valence-corrected chi connectivity index (χ2v) is 13.5. The first-order chi connectivity index (χ1) is 24.1. The summed E-state index contributed by atoms with van der Waals surface area (Å²) >= 11 is 0. The normalized spacial score (nSPS) is 17.5. The summed E-state index contributed by atoms with van der Waals surface area (Å²) in [5.74, 6) is 2.61. The van der Waals surface area contributed by atoms with Gasteiger partial charge in [0.25, 0.3) is 0 Å². The van der Waals surface area contributed by atoms with E-state index >= 15 is 0 Å². The van der Waals surface area contributed by atoms with Crippen molar-refractivity contribution >= 4 is 11.4 Å². The summed E-state index contributed by atoms with van der Waals surface area (Å²) in [4.78, 5) is 7.80. The van der Waals surface area contributed by atoms with Crippen molar-refractivity contribution in [3.05, 3.63) is 155 Å². The Morgan fingerprint density at radius 2 is 1.16 bits per heavy atom. The number of benzene rings is 5. The highest BCUT2D eigenvalue weighted by molar-refractivity contribution is 6.12. The van der Waals surface area contributed by atoms with Crippen molar-refractivity contribution in [3.63, 3.8) is 0 Å².